The molecule has 0 saturated heterocycles. The highest BCUT2D eigenvalue weighted by Crippen LogP contribution is 2.65. The van der Waals surface area contributed by atoms with E-state index in [-0.39, 0.29) is 55.0 Å². The van der Waals surface area contributed by atoms with Gasteiger partial charge >= 0.3 is 0 Å². The van der Waals surface area contributed by atoms with E-state index in [2.05, 4.69) is 0 Å². The Morgan fingerprint density at radius 1 is 0.662 bits per heavy atom. The second-order valence-electron chi connectivity index (χ2n) is 24.3. The van der Waals surface area contributed by atoms with E-state index in [1.165, 1.54) is 51.3 Å². The Balaban J connectivity index is 0.000000208. The van der Waals surface area contributed by atoms with Gasteiger partial charge in [0.2, 0.25) is 0 Å². The Labute approximate surface area is 422 Å². The molecule has 2 amide bonds. The summed E-state index contributed by atoms with van der Waals surface area (Å²) < 4.78 is 55.6. The number of amides is 2. The van der Waals surface area contributed by atoms with E-state index < -0.39 is 67.8 Å². The van der Waals surface area contributed by atoms with Crippen molar-refractivity contribution in [2.75, 3.05) is 18.8 Å². The summed E-state index contributed by atoms with van der Waals surface area (Å²) in [4.78, 5) is 63.6. The third-order valence-corrected chi connectivity index (χ3v) is 16.4. The molecule has 4 unspecified atom stereocenters. The average Bonchev–Trinajstić information content (AvgIpc) is 3.82. The summed E-state index contributed by atoms with van der Waals surface area (Å²) >= 11 is 4.74. The molecule has 2 aromatic rings. The Kier molecular flexibility index (Phi) is 15.0. The van der Waals surface area contributed by atoms with Gasteiger partial charge in [0.1, 0.15) is 23.0 Å². The lowest BCUT2D eigenvalue weighted by Crippen LogP contribution is -2.55. The van der Waals surface area contributed by atoms with Gasteiger partial charge in [0, 0.05) is 22.9 Å². The number of hydrogen-bond acceptors (Lipinski definition) is 9. The largest absolute Gasteiger partial charge is 0.399 e. The molecule has 2 aliphatic heterocycles. The highest BCUT2D eigenvalue weighted by Gasteiger charge is 2.69. The van der Waals surface area contributed by atoms with Crippen LogP contribution in [0.5, 0.6) is 0 Å². The van der Waals surface area contributed by atoms with Crippen molar-refractivity contribution in [3.8, 4) is 0 Å². The monoisotopic (exact) mass is 1010 g/mol. The lowest BCUT2D eigenvalue weighted by molar-refractivity contribution is -0.142. The molecule has 2 fully saturated rings. The van der Waals surface area contributed by atoms with Crippen molar-refractivity contribution in [2.24, 2.45) is 44.5 Å². The lowest BCUT2D eigenvalue weighted by Gasteiger charge is -2.49. The van der Waals surface area contributed by atoms with Crippen molar-refractivity contribution >= 4 is 51.8 Å². The molecule has 0 radical (unpaired) electrons. The van der Waals surface area contributed by atoms with Crippen LogP contribution < -0.4 is 5.73 Å². The van der Waals surface area contributed by atoms with Gasteiger partial charge < -0.3 is 15.9 Å². The van der Waals surface area contributed by atoms with E-state index >= 15 is 0 Å². The zero-order chi connectivity index (χ0) is 53.6. The van der Waals surface area contributed by atoms with Crippen LogP contribution >= 0.6 is 11.6 Å². The number of aliphatic hydroxyl groups is 2. The summed E-state index contributed by atoms with van der Waals surface area (Å²) in [5.74, 6) is 0.148. The molecule has 6 aliphatic rings. The van der Waals surface area contributed by atoms with E-state index in [1.807, 2.05) is 64.1 Å². The topological polar surface area (TPSA) is 166 Å². The van der Waals surface area contributed by atoms with Crippen LogP contribution in [-0.4, -0.2) is 102 Å². The number of alkyl halides is 4. The van der Waals surface area contributed by atoms with Crippen molar-refractivity contribution in [2.45, 2.75) is 188 Å². The van der Waals surface area contributed by atoms with Crippen LogP contribution in [0.4, 0.5) is 23.2 Å². The number of Topliss-reactive ketones (excluding diaryl/α,β-unsaturated/α-hetero) is 1. The van der Waals surface area contributed by atoms with Crippen molar-refractivity contribution in [3.05, 3.63) is 64.2 Å². The highest BCUT2D eigenvalue weighted by molar-refractivity contribution is 6.65. The van der Waals surface area contributed by atoms with E-state index in [1.54, 1.807) is 13.8 Å². The number of anilines is 1. The number of aliphatic imine (C=N–C) groups is 2. The number of aliphatic hydroxyl groups excluding tert-OH is 2. The Morgan fingerprint density at radius 3 is 1.35 bits per heavy atom. The fourth-order valence-electron chi connectivity index (χ4n) is 12.9. The summed E-state index contributed by atoms with van der Waals surface area (Å²) in [5, 5.41) is 20.4. The number of halogens is 5. The number of nitrogens with zero attached hydrogens (tertiary/aromatic N) is 4. The maximum Gasteiger partial charge on any atom is 0.261 e. The van der Waals surface area contributed by atoms with Gasteiger partial charge in [-0.25, -0.2) is 17.6 Å². The predicted octanol–water partition coefficient (Wildman–Crippen LogP) is 9.66. The summed E-state index contributed by atoms with van der Waals surface area (Å²) in [6.45, 7) is 22.1. The first-order chi connectivity index (χ1) is 32.3. The molecular weight excluding hydrogens is 938 g/mol. The first-order valence-electron chi connectivity index (χ1n) is 25.0. The lowest BCUT2D eigenvalue weighted by atomic mass is 9.56. The normalized spacial score (nSPS) is 32.4. The quantitative estimate of drug-likeness (QED) is 0.135. The maximum atomic E-state index is 14.7. The molecule has 4 spiro atoms. The molecule has 11 nitrogen and oxygen atoms in total. The number of benzene rings is 2. The fraction of sp³-hybridized carbons (Fsp3) is 0.673. The number of nitrogen functional groups attached to an aromatic ring is 1. The smallest absolute Gasteiger partial charge is 0.261 e. The fourth-order valence-corrected chi connectivity index (χ4v) is 12.9. The molecule has 4 aliphatic carbocycles. The standard InChI is InChI=1S/C28H38F2N2O3.C23H32FN3O2.C4H6ClFO/c1-16-12-27(13-17(2)23(16)34)14-20-9-8-19(11-22(33)26(6,7)30)10-21(20)28(27)24(35)32(18(3)31-28)15-25(4,5)29;1-13-9-22(10-14(2)19(13)28)11-16-6-7-17(25)8-18(16)23(22)20(29)27(15(3)26-23)12-21(4,5)24;1-4(2,6)3(5)7/h8-10,16-17,23,34H,11-15H2,1-7H3;6-8,13-14,19,28H,9-12,25H2,1-5H3;1-2H3/t16-,17+,23?,27?,28-;13-,14+,19?,22?,23-;/m11./s1. The van der Waals surface area contributed by atoms with Crippen LogP contribution in [-0.2, 0) is 49.5 Å². The Bertz CT molecular complexity index is 2480. The first-order valence-corrected chi connectivity index (χ1v) is 25.4. The van der Waals surface area contributed by atoms with Gasteiger partial charge in [-0.2, -0.15) is 0 Å². The number of hydrogen-bond donors (Lipinski definition) is 3. The molecule has 392 valence electrons. The zero-order valence-electron chi connectivity index (χ0n) is 44.1. The summed E-state index contributed by atoms with van der Waals surface area (Å²) in [7, 11) is 0. The Hall–Kier alpha value is -4.21. The van der Waals surface area contributed by atoms with Crippen molar-refractivity contribution in [1.82, 2.24) is 9.80 Å². The van der Waals surface area contributed by atoms with E-state index in [0.717, 1.165) is 42.5 Å². The minimum Gasteiger partial charge on any atom is -0.399 e. The molecule has 0 aromatic heterocycles. The number of fused-ring (bicyclic) bond motifs is 6. The zero-order valence-corrected chi connectivity index (χ0v) is 44.8. The predicted molar refractivity (Wildman–Crippen MR) is 270 cm³/mol. The van der Waals surface area contributed by atoms with Crippen LogP contribution in [0.2, 0.25) is 0 Å². The molecular formula is C55H76ClF4N5O6. The minimum absolute atomic E-state index is 0.0234. The minimum atomic E-state index is -1.95. The van der Waals surface area contributed by atoms with Gasteiger partial charge in [-0.15, -0.1) is 0 Å². The summed E-state index contributed by atoms with van der Waals surface area (Å²) in [6, 6.07) is 11.4. The third kappa shape index (κ3) is 10.2. The van der Waals surface area contributed by atoms with Gasteiger partial charge in [-0.1, -0.05) is 52.0 Å². The number of rotatable bonds is 8. The first kappa shape index (κ1) is 56.1. The molecule has 0 bridgehead atoms. The third-order valence-electron chi connectivity index (χ3n) is 16.0. The van der Waals surface area contributed by atoms with E-state index in [4.69, 9.17) is 27.3 Å². The van der Waals surface area contributed by atoms with Gasteiger partial charge in [-0.3, -0.25) is 39.0 Å². The van der Waals surface area contributed by atoms with Crippen molar-refractivity contribution < 1.29 is 47.0 Å². The van der Waals surface area contributed by atoms with Crippen LogP contribution in [0.3, 0.4) is 0 Å². The van der Waals surface area contributed by atoms with E-state index in [9.17, 15) is 47.0 Å². The molecule has 10 atom stereocenters. The number of carbonyl (C=O) groups excluding carboxylic acids is 4. The molecule has 2 saturated carbocycles. The van der Waals surface area contributed by atoms with Gasteiger partial charge in [0.25, 0.3) is 17.1 Å². The van der Waals surface area contributed by atoms with Gasteiger partial charge in [0.15, 0.2) is 28.2 Å². The molecule has 71 heavy (non-hydrogen) atoms. The molecule has 4 N–H and O–H groups in total. The average molecular weight is 1010 g/mol. The summed E-state index contributed by atoms with van der Waals surface area (Å²) in [5.41, 5.74) is 0.722. The second kappa shape index (κ2) is 18.9. The van der Waals surface area contributed by atoms with E-state index in [0.29, 0.717) is 55.0 Å². The second-order valence-corrected chi connectivity index (χ2v) is 24.6. The number of ketones is 1. The number of amidine groups is 2. The van der Waals surface area contributed by atoms with Crippen molar-refractivity contribution in [1.29, 1.82) is 0 Å². The Morgan fingerprint density at radius 2 is 1.01 bits per heavy atom. The van der Waals surface area contributed by atoms with Gasteiger partial charge in [0.05, 0.1) is 25.3 Å². The molecule has 8 rings (SSSR count). The number of nitrogens with two attached hydrogens (primary N) is 1. The molecule has 2 aromatic carbocycles. The SMILES string of the molecule is CC(C)(F)C(=O)Cl.CC1=N[C@@]2(C(=O)N1CC(C)(C)F)c1cc(CC(=O)C(C)(C)F)ccc1CC21C[C@@H](C)C(O)[C@@H](C)C1.CC1=N[C@@]2(C(=O)N1CC(C)(C)F)c1cc(N)ccc1CC21C[C@@H](C)C(O)[C@@H](C)C1. The van der Waals surface area contributed by atoms with Crippen LogP contribution in [0.15, 0.2) is 46.4 Å². The summed E-state index contributed by atoms with van der Waals surface area (Å²) in [6.07, 6.45) is 3.00. The van der Waals surface area contributed by atoms with Crippen LogP contribution in [0.1, 0.15) is 150 Å². The molecule has 2 heterocycles. The highest BCUT2D eigenvalue weighted by atomic mass is 35.5. The number of carbonyl (C=O) groups is 4. The maximum absolute atomic E-state index is 14.7. The van der Waals surface area contributed by atoms with Gasteiger partial charge in [-0.05, 0) is 183 Å². The molecule has 16 heteroatoms. The van der Waals surface area contributed by atoms with Crippen LogP contribution in [0.25, 0.3) is 0 Å². The van der Waals surface area contributed by atoms with Crippen LogP contribution in [0, 0.1) is 34.5 Å². The van der Waals surface area contributed by atoms with Crippen molar-refractivity contribution in [3.63, 3.8) is 0 Å².